The van der Waals surface area contributed by atoms with Crippen molar-refractivity contribution in [1.82, 2.24) is 0 Å². The number of carbonyl (C=O) groups is 2. The van der Waals surface area contributed by atoms with Crippen LogP contribution in [-0.4, -0.2) is 17.6 Å². The topological polar surface area (TPSA) is 85.6 Å². The molecule has 0 bridgehead atoms. The first kappa shape index (κ1) is 18.3. The summed E-state index contributed by atoms with van der Waals surface area (Å²) in [5, 5.41) is 3.58. The van der Waals surface area contributed by atoms with E-state index >= 15 is 0 Å². The summed E-state index contributed by atoms with van der Waals surface area (Å²) in [6.07, 6.45) is 1.67. The fraction of sp³-hybridized carbons (Fsp3) is 0.190. The van der Waals surface area contributed by atoms with E-state index in [-0.39, 0.29) is 11.7 Å². The van der Waals surface area contributed by atoms with Crippen LogP contribution in [0.25, 0.3) is 11.0 Å². The average molecular weight is 395 g/mol. The Labute approximate surface area is 164 Å². The lowest BCUT2D eigenvalue weighted by atomic mass is 10.1. The lowest BCUT2D eigenvalue weighted by molar-refractivity contribution is -0.113. The molecule has 1 aromatic heterocycles. The number of carbonyl (C=O) groups excluding carboxylic acids is 2. The minimum atomic E-state index is -0.556. The molecule has 2 aromatic carbocycles. The third-order valence-corrected chi connectivity index (χ3v) is 5.45. The van der Waals surface area contributed by atoms with Gasteiger partial charge in [0.15, 0.2) is 0 Å². The number of hydrogen-bond acceptors (Lipinski definition) is 6. The Hall–Kier alpha value is -3.06. The molecule has 0 aliphatic carbocycles. The average Bonchev–Trinajstić information content (AvgIpc) is 2.67. The molecule has 4 rings (SSSR count). The van der Waals surface area contributed by atoms with Crippen LogP contribution >= 0.6 is 11.8 Å². The summed E-state index contributed by atoms with van der Waals surface area (Å²) in [4.78, 5) is 36.8. The van der Waals surface area contributed by atoms with Gasteiger partial charge in [-0.25, -0.2) is 9.59 Å². The van der Waals surface area contributed by atoms with Crippen LogP contribution in [-0.2, 0) is 11.2 Å². The molecule has 7 heteroatoms. The molecule has 0 spiro atoms. The van der Waals surface area contributed by atoms with Gasteiger partial charge in [-0.2, -0.15) is 0 Å². The highest BCUT2D eigenvalue weighted by molar-refractivity contribution is 8.00. The first-order valence-electron chi connectivity index (χ1n) is 8.89. The van der Waals surface area contributed by atoms with E-state index in [1.54, 1.807) is 36.4 Å². The third-order valence-electron chi connectivity index (χ3n) is 4.38. The van der Waals surface area contributed by atoms with Crippen molar-refractivity contribution in [1.29, 1.82) is 0 Å². The molecular formula is C21H17NO5S. The molecule has 1 N–H and O–H groups in total. The summed E-state index contributed by atoms with van der Waals surface area (Å²) in [5.41, 5.74) is 1.79. The van der Waals surface area contributed by atoms with Crippen LogP contribution < -0.4 is 15.7 Å². The second-order valence-corrected chi connectivity index (χ2v) is 7.45. The Morgan fingerprint density at radius 1 is 1.18 bits per heavy atom. The second-order valence-electron chi connectivity index (χ2n) is 6.44. The molecule has 28 heavy (non-hydrogen) atoms. The van der Waals surface area contributed by atoms with E-state index in [0.29, 0.717) is 22.6 Å². The van der Waals surface area contributed by atoms with Crippen molar-refractivity contribution < 1.29 is 18.7 Å². The highest BCUT2D eigenvalue weighted by Gasteiger charge is 2.18. The number of ether oxygens (including phenoxy) is 1. The molecule has 1 aliphatic heterocycles. The minimum Gasteiger partial charge on any atom is -0.423 e. The van der Waals surface area contributed by atoms with Gasteiger partial charge in [0.1, 0.15) is 11.3 Å². The van der Waals surface area contributed by atoms with Crippen LogP contribution in [0.1, 0.15) is 29.3 Å². The summed E-state index contributed by atoms with van der Waals surface area (Å²) in [6, 6.07) is 11.5. The van der Waals surface area contributed by atoms with Crippen LogP contribution in [0.3, 0.4) is 0 Å². The summed E-state index contributed by atoms with van der Waals surface area (Å²) in [5.74, 6) is -0.0149. The zero-order valence-electron chi connectivity index (χ0n) is 15.1. The summed E-state index contributed by atoms with van der Waals surface area (Å²) < 4.78 is 10.7. The van der Waals surface area contributed by atoms with Gasteiger partial charge in [0, 0.05) is 22.4 Å². The first-order valence-corrected chi connectivity index (χ1v) is 9.87. The molecule has 0 atom stereocenters. The number of thioether (sulfide) groups is 1. The maximum atomic E-state index is 12.5. The van der Waals surface area contributed by atoms with E-state index in [1.807, 2.05) is 6.92 Å². The Bertz CT molecular complexity index is 1150. The van der Waals surface area contributed by atoms with E-state index in [4.69, 9.17) is 9.15 Å². The van der Waals surface area contributed by atoms with Crippen LogP contribution in [0.4, 0.5) is 5.69 Å². The van der Waals surface area contributed by atoms with Crippen LogP contribution in [0, 0.1) is 0 Å². The second kappa shape index (κ2) is 7.52. The van der Waals surface area contributed by atoms with Crippen molar-refractivity contribution in [3.63, 3.8) is 0 Å². The van der Waals surface area contributed by atoms with Crippen LogP contribution in [0.15, 0.2) is 56.6 Å². The Balaban J connectivity index is 1.61. The molecular weight excluding hydrogens is 378 g/mol. The van der Waals surface area contributed by atoms with Gasteiger partial charge in [-0.1, -0.05) is 13.3 Å². The number of hydrogen-bond donors (Lipinski definition) is 1. The summed E-state index contributed by atoms with van der Waals surface area (Å²) >= 11 is 1.42. The monoisotopic (exact) mass is 395 g/mol. The van der Waals surface area contributed by atoms with Gasteiger partial charge >= 0.3 is 11.6 Å². The summed E-state index contributed by atoms with van der Waals surface area (Å²) in [6.45, 7) is 2.04. The zero-order chi connectivity index (χ0) is 19.7. The van der Waals surface area contributed by atoms with E-state index < -0.39 is 11.6 Å². The molecule has 0 fully saturated rings. The largest absolute Gasteiger partial charge is 0.423 e. The molecule has 0 radical (unpaired) electrons. The molecule has 1 amide bonds. The predicted octanol–water partition coefficient (Wildman–Crippen LogP) is 4.01. The Kier molecular flexibility index (Phi) is 4.92. The molecule has 142 valence electrons. The number of esters is 1. The van der Waals surface area contributed by atoms with Crippen molar-refractivity contribution in [2.24, 2.45) is 0 Å². The SMILES string of the molecule is CCCc1cc(=O)oc2cc(OC(=O)c3ccc4c(c3)NC(=O)CS4)ccc12. The van der Waals surface area contributed by atoms with Gasteiger partial charge in [-0.3, -0.25) is 4.79 Å². The normalized spacial score (nSPS) is 13.1. The van der Waals surface area contributed by atoms with Crippen LogP contribution in [0.2, 0.25) is 0 Å². The molecule has 0 saturated heterocycles. The lowest BCUT2D eigenvalue weighted by Crippen LogP contribution is -2.19. The van der Waals surface area contributed by atoms with E-state index in [0.717, 1.165) is 28.7 Å². The number of aryl methyl sites for hydroxylation is 1. The van der Waals surface area contributed by atoms with Crippen LogP contribution in [0.5, 0.6) is 5.75 Å². The van der Waals surface area contributed by atoms with Gasteiger partial charge in [-0.05, 0) is 42.3 Å². The number of nitrogens with one attached hydrogen (secondary N) is 1. The maximum absolute atomic E-state index is 12.5. The smallest absolute Gasteiger partial charge is 0.343 e. The zero-order valence-corrected chi connectivity index (χ0v) is 15.9. The molecule has 0 saturated carbocycles. The van der Waals surface area contributed by atoms with E-state index in [2.05, 4.69) is 5.32 Å². The number of amides is 1. The van der Waals surface area contributed by atoms with Crippen molar-refractivity contribution in [2.45, 2.75) is 24.7 Å². The summed E-state index contributed by atoms with van der Waals surface area (Å²) in [7, 11) is 0. The molecule has 3 aromatic rings. The fourth-order valence-corrected chi connectivity index (χ4v) is 3.91. The molecule has 2 heterocycles. The molecule has 1 aliphatic rings. The van der Waals surface area contributed by atoms with Gasteiger partial charge < -0.3 is 14.5 Å². The number of anilines is 1. The van der Waals surface area contributed by atoms with Gasteiger partial charge in [0.05, 0.1) is 17.0 Å². The standard InChI is InChI=1S/C21H17NO5S/c1-2-3-12-9-20(24)27-17-10-14(5-6-15(12)17)26-21(25)13-4-7-18-16(8-13)22-19(23)11-28-18/h4-10H,2-3,11H2,1H3,(H,22,23). The Morgan fingerprint density at radius 2 is 2.04 bits per heavy atom. The van der Waals surface area contributed by atoms with E-state index in [1.165, 1.54) is 17.8 Å². The fourth-order valence-electron chi connectivity index (χ4n) is 3.13. The van der Waals surface area contributed by atoms with Gasteiger partial charge in [0.2, 0.25) is 5.91 Å². The molecule has 6 nitrogen and oxygen atoms in total. The number of benzene rings is 2. The van der Waals surface area contributed by atoms with Crippen molar-refractivity contribution >= 4 is 40.3 Å². The quantitative estimate of drug-likeness (QED) is 0.408. The highest BCUT2D eigenvalue weighted by atomic mass is 32.2. The first-order chi connectivity index (χ1) is 13.5. The van der Waals surface area contributed by atoms with Crippen molar-refractivity contribution in [3.05, 3.63) is 64.0 Å². The Morgan fingerprint density at radius 3 is 2.86 bits per heavy atom. The van der Waals surface area contributed by atoms with Gasteiger partial charge in [-0.15, -0.1) is 11.8 Å². The highest BCUT2D eigenvalue weighted by Crippen LogP contribution is 2.32. The minimum absolute atomic E-state index is 0.101. The number of fused-ring (bicyclic) bond motifs is 2. The predicted molar refractivity (Wildman–Crippen MR) is 107 cm³/mol. The van der Waals surface area contributed by atoms with Crippen molar-refractivity contribution in [3.8, 4) is 5.75 Å². The maximum Gasteiger partial charge on any atom is 0.343 e. The lowest BCUT2D eigenvalue weighted by Gasteiger charge is -2.16. The van der Waals surface area contributed by atoms with E-state index in [9.17, 15) is 14.4 Å². The number of rotatable bonds is 4. The van der Waals surface area contributed by atoms with Crippen molar-refractivity contribution in [2.75, 3.05) is 11.1 Å². The molecule has 0 unspecified atom stereocenters. The van der Waals surface area contributed by atoms with Gasteiger partial charge in [0.25, 0.3) is 0 Å². The third kappa shape index (κ3) is 3.66.